The Morgan fingerprint density at radius 3 is 0.889 bits per heavy atom. The van der Waals surface area contributed by atoms with Gasteiger partial charge in [-0.1, -0.05) is 157 Å². The second kappa shape index (κ2) is 16.4. The van der Waals surface area contributed by atoms with Crippen molar-refractivity contribution in [3.8, 4) is 5.75 Å². The molecule has 0 aliphatic heterocycles. The second-order valence-corrected chi connectivity index (χ2v) is 10.3. The highest BCUT2D eigenvalue weighted by atomic mass is 31.1. The lowest BCUT2D eigenvalue weighted by Gasteiger charge is -2.01. The topological polar surface area (TPSA) is 49.7 Å². The SMILES string of the molecule is OB(O)Oc1ccccc1.c1ccc(Pc2ccccc2)cc1.c1ccc(Pc2ccccc2)cc1. The monoisotopic (exact) mass is 510 g/mol. The first-order valence-electron chi connectivity index (χ1n) is 11.5. The largest absolute Gasteiger partial charge is 0.707 e. The van der Waals surface area contributed by atoms with E-state index in [4.69, 9.17) is 10.0 Å². The molecule has 2 N–H and O–H groups in total. The van der Waals surface area contributed by atoms with Crippen LogP contribution in [0.4, 0.5) is 0 Å². The fourth-order valence-electron chi connectivity index (χ4n) is 3.04. The Kier molecular flexibility index (Phi) is 12.5. The van der Waals surface area contributed by atoms with Crippen molar-refractivity contribution in [2.24, 2.45) is 0 Å². The van der Waals surface area contributed by atoms with Gasteiger partial charge in [0.15, 0.2) is 0 Å². The molecule has 0 aromatic heterocycles. The lowest BCUT2D eigenvalue weighted by molar-refractivity contribution is 0.288. The maximum absolute atomic E-state index is 8.34. The van der Waals surface area contributed by atoms with E-state index in [1.165, 1.54) is 21.2 Å². The maximum Gasteiger partial charge on any atom is 0.707 e. The smallest absolute Gasteiger partial charge is 0.512 e. The van der Waals surface area contributed by atoms with Crippen molar-refractivity contribution >= 4 is 45.7 Å². The van der Waals surface area contributed by atoms with Gasteiger partial charge in [0.2, 0.25) is 0 Å². The van der Waals surface area contributed by atoms with Crippen molar-refractivity contribution in [2.45, 2.75) is 0 Å². The van der Waals surface area contributed by atoms with Crippen molar-refractivity contribution in [3.63, 3.8) is 0 Å². The first-order chi connectivity index (χ1) is 17.7. The molecule has 0 aliphatic rings. The molecule has 0 fully saturated rings. The summed E-state index contributed by atoms with van der Waals surface area (Å²) in [6.07, 6.45) is 0. The Labute approximate surface area is 217 Å². The average molecular weight is 510 g/mol. The molecular weight excluding hydrogens is 481 g/mol. The van der Waals surface area contributed by atoms with E-state index in [2.05, 4.69) is 126 Å². The zero-order valence-corrected chi connectivity index (χ0v) is 21.8. The van der Waals surface area contributed by atoms with E-state index in [1.807, 2.05) is 6.07 Å². The van der Waals surface area contributed by atoms with Crippen molar-refractivity contribution in [2.75, 3.05) is 0 Å². The Morgan fingerprint density at radius 2 is 0.639 bits per heavy atom. The molecule has 0 atom stereocenters. The molecule has 5 aromatic rings. The van der Waals surface area contributed by atoms with E-state index in [0.717, 1.165) is 17.2 Å². The molecule has 6 heteroatoms. The Hall–Kier alpha value is -3.26. The Bertz CT molecular complexity index is 1060. The molecular formula is C30H29BO3P2. The first kappa shape index (κ1) is 27.3. The summed E-state index contributed by atoms with van der Waals surface area (Å²) >= 11 is 0. The minimum Gasteiger partial charge on any atom is -0.512 e. The molecule has 0 saturated heterocycles. The molecule has 3 nitrogen and oxygen atoms in total. The van der Waals surface area contributed by atoms with Gasteiger partial charge in [-0.2, -0.15) is 0 Å². The summed E-state index contributed by atoms with van der Waals surface area (Å²) in [6.45, 7) is 0. The van der Waals surface area contributed by atoms with Gasteiger partial charge in [0.1, 0.15) is 5.75 Å². The van der Waals surface area contributed by atoms with Gasteiger partial charge in [0.05, 0.1) is 0 Å². The lowest BCUT2D eigenvalue weighted by Crippen LogP contribution is -2.20. The number of benzene rings is 5. The summed E-state index contributed by atoms with van der Waals surface area (Å²) in [5.74, 6) is 0.442. The average Bonchev–Trinajstić information content (AvgIpc) is 2.92. The van der Waals surface area contributed by atoms with Crippen LogP contribution >= 0.6 is 17.2 Å². The highest BCUT2D eigenvalue weighted by Crippen LogP contribution is 2.10. The van der Waals surface area contributed by atoms with Gasteiger partial charge >= 0.3 is 7.32 Å². The number of hydrogen-bond acceptors (Lipinski definition) is 3. The summed E-state index contributed by atoms with van der Waals surface area (Å²) in [6, 6.07) is 50.9. The summed E-state index contributed by atoms with van der Waals surface area (Å²) in [7, 11) is -0.180. The van der Waals surface area contributed by atoms with Crippen LogP contribution in [-0.2, 0) is 0 Å². The fraction of sp³-hybridized carbons (Fsp3) is 0. The van der Waals surface area contributed by atoms with Crippen LogP contribution < -0.4 is 25.9 Å². The second-order valence-electron chi connectivity index (χ2n) is 7.47. The molecule has 0 aliphatic carbocycles. The van der Waals surface area contributed by atoms with Gasteiger partial charge in [-0.3, -0.25) is 0 Å². The van der Waals surface area contributed by atoms with Gasteiger partial charge < -0.3 is 14.7 Å². The number of hydrogen-bond donors (Lipinski definition) is 2. The third kappa shape index (κ3) is 11.4. The molecule has 0 spiro atoms. The van der Waals surface area contributed by atoms with E-state index < -0.39 is 7.32 Å². The van der Waals surface area contributed by atoms with Gasteiger partial charge in [0, 0.05) is 0 Å². The van der Waals surface area contributed by atoms with Crippen LogP contribution in [-0.4, -0.2) is 17.4 Å². The van der Waals surface area contributed by atoms with Gasteiger partial charge in [-0.25, -0.2) is 0 Å². The van der Waals surface area contributed by atoms with Gasteiger partial charge in [-0.15, -0.1) is 0 Å². The van der Waals surface area contributed by atoms with Crippen LogP contribution in [0.2, 0.25) is 0 Å². The normalized spacial score (nSPS) is 9.61. The lowest BCUT2D eigenvalue weighted by atomic mass is 10.2. The predicted octanol–water partition coefficient (Wildman–Crippen LogP) is 4.67. The highest BCUT2D eigenvalue weighted by Gasteiger charge is 2.09. The van der Waals surface area contributed by atoms with E-state index in [-0.39, 0.29) is 0 Å². The van der Waals surface area contributed by atoms with Gasteiger partial charge in [-0.05, 0) is 33.4 Å². The zero-order valence-electron chi connectivity index (χ0n) is 19.8. The molecule has 0 radical (unpaired) electrons. The van der Waals surface area contributed by atoms with Crippen molar-refractivity contribution < 1.29 is 14.7 Å². The fourth-order valence-corrected chi connectivity index (χ4v) is 5.14. The van der Waals surface area contributed by atoms with E-state index in [9.17, 15) is 0 Å². The number of rotatable bonds is 6. The molecule has 0 amide bonds. The first-order valence-corrected chi connectivity index (χ1v) is 13.5. The molecule has 5 rings (SSSR count). The zero-order chi connectivity index (χ0) is 25.3. The third-order valence-corrected chi connectivity index (χ3v) is 7.15. The molecule has 0 saturated carbocycles. The molecule has 0 heterocycles. The molecule has 0 unspecified atom stereocenters. The van der Waals surface area contributed by atoms with Crippen LogP contribution in [0.15, 0.2) is 152 Å². The predicted molar refractivity (Wildman–Crippen MR) is 158 cm³/mol. The highest BCUT2D eigenvalue weighted by molar-refractivity contribution is 7.55. The van der Waals surface area contributed by atoms with Crippen molar-refractivity contribution in [1.82, 2.24) is 0 Å². The maximum atomic E-state index is 8.34. The molecule has 180 valence electrons. The molecule has 36 heavy (non-hydrogen) atoms. The van der Waals surface area contributed by atoms with E-state index >= 15 is 0 Å². The van der Waals surface area contributed by atoms with Crippen LogP contribution in [0.1, 0.15) is 0 Å². The van der Waals surface area contributed by atoms with Crippen LogP contribution in [0.25, 0.3) is 0 Å². The summed E-state index contributed by atoms with van der Waals surface area (Å²) in [5.41, 5.74) is 0. The number of para-hydroxylation sites is 1. The van der Waals surface area contributed by atoms with Crippen LogP contribution in [0.3, 0.4) is 0 Å². The Balaban J connectivity index is 0.000000152. The molecule has 0 bridgehead atoms. The van der Waals surface area contributed by atoms with Crippen molar-refractivity contribution in [1.29, 1.82) is 0 Å². The van der Waals surface area contributed by atoms with E-state index in [1.54, 1.807) is 24.3 Å². The van der Waals surface area contributed by atoms with E-state index in [0.29, 0.717) is 5.75 Å². The van der Waals surface area contributed by atoms with Crippen LogP contribution in [0, 0.1) is 0 Å². The van der Waals surface area contributed by atoms with Crippen LogP contribution in [0.5, 0.6) is 5.75 Å². The van der Waals surface area contributed by atoms with Crippen molar-refractivity contribution in [3.05, 3.63) is 152 Å². The Morgan fingerprint density at radius 1 is 0.389 bits per heavy atom. The third-order valence-electron chi connectivity index (χ3n) is 4.66. The minimum absolute atomic E-state index is 0.442. The van der Waals surface area contributed by atoms with Gasteiger partial charge in [0.25, 0.3) is 0 Å². The summed E-state index contributed by atoms with van der Waals surface area (Å²) in [4.78, 5) is 0. The molecule has 5 aromatic carbocycles. The summed E-state index contributed by atoms with van der Waals surface area (Å²) in [5, 5.41) is 22.3. The summed E-state index contributed by atoms with van der Waals surface area (Å²) < 4.78 is 4.53. The quantitative estimate of drug-likeness (QED) is 0.258. The standard InChI is InChI=1S/2C12H11P.C6H7BO3/c2*1-3-7-11(8-4-1)13-12-9-5-2-6-10-12;8-7(9)10-6-4-2-1-3-5-6/h2*1-10,13H;1-5,8-9H. The minimum atomic E-state index is -1.73.